The Kier molecular flexibility index (Phi) is 7.87. The smallest absolute Gasteiger partial charge is 0.0449 e. The Morgan fingerprint density at radius 1 is 1.21 bits per heavy atom. The van der Waals surface area contributed by atoms with Crippen molar-refractivity contribution in [2.24, 2.45) is 0 Å². The second-order valence-corrected chi connectivity index (χ2v) is 6.20. The van der Waals surface area contributed by atoms with E-state index in [1.54, 1.807) is 0 Å². The van der Waals surface area contributed by atoms with Gasteiger partial charge in [0.05, 0.1) is 0 Å². The van der Waals surface area contributed by atoms with Crippen LogP contribution in [0.25, 0.3) is 0 Å². The van der Waals surface area contributed by atoms with Crippen LogP contribution < -0.4 is 5.32 Å². The largest absolute Gasteiger partial charge is 0.396 e. The van der Waals surface area contributed by atoms with E-state index in [0.717, 1.165) is 41.5 Å². The molecule has 1 aliphatic rings. The fourth-order valence-electron chi connectivity index (χ4n) is 2.40. The molecule has 3 nitrogen and oxygen atoms in total. The van der Waals surface area contributed by atoms with Gasteiger partial charge in [-0.05, 0) is 56.0 Å². The molecule has 0 amide bonds. The Bertz CT molecular complexity index is 400. The van der Waals surface area contributed by atoms with E-state index in [4.69, 9.17) is 0 Å². The van der Waals surface area contributed by atoms with Gasteiger partial charge in [-0.2, -0.15) is 0 Å². The first-order valence-corrected chi connectivity index (χ1v) is 7.81. The van der Waals surface area contributed by atoms with Crippen LogP contribution in [0.2, 0.25) is 0 Å². The third-order valence-corrected chi connectivity index (χ3v) is 5.20. The number of hydrogen-bond donors (Lipinski definition) is 2. The van der Waals surface area contributed by atoms with Crippen molar-refractivity contribution in [2.45, 2.75) is 12.5 Å². The molecule has 0 bridgehead atoms. The summed E-state index contributed by atoms with van der Waals surface area (Å²) in [6, 6.07) is 6.65. The standard InChI is InChI=1S/C13H18Br2N2O.ClH/c14-11-2-1-10(9-12(11)15)13(3-8-18)17-6-4-16-5-7-17;/h1-2,9,13,16,18H,3-8H2;1H/t13-;/m0./s1. The summed E-state index contributed by atoms with van der Waals surface area (Å²) < 4.78 is 2.13. The highest BCUT2D eigenvalue weighted by molar-refractivity contribution is 9.13. The summed E-state index contributed by atoms with van der Waals surface area (Å²) in [6.45, 7) is 4.36. The second kappa shape index (κ2) is 8.60. The number of nitrogens with one attached hydrogen (secondary N) is 1. The van der Waals surface area contributed by atoms with Crippen LogP contribution in [-0.4, -0.2) is 42.8 Å². The Morgan fingerprint density at radius 2 is 1.89 bits per heavy atom. The molecule has 1 aromatic rings. The fraction of sp³-hybridized carbons (Fsp3) is 0.538. The summed E-state index contributed by atoms with van der Waals surface area (Å²) in [7, 11) is 0. The lowest BCUT2D eigenvalue weighted by Gasteiger charge is -2.35. The van der Waals surface area contributed by atoms with Crippen LogP contribution in [0, 0.1) is 0 Å². The number of benzene rings is 1. The first-order valence-electron chi connectivity index (χ1n) is 6.23. The lowest BCUT2D eigenvalue weighted by molar-refractivity contribution is 0.141. The molecule has 0 aromatic heterocycles. The summed E-state index contributed by atoms with van der Waals surface area (Å²) in [5, 5.41) is 12.7. The van der Waals surface area contributed by atoms with Gasteiger partial charge in [0.25, 0.3) is 0 Å². The maximum absolute atomic E-state index is 9.29. The molecule has 1 fully saturated rings. The maximum Gasteiger partial charge on any atom is 0.0449 e. The first-order chi connectivity index (χ1) is 8.72. The van der Waals surface area contributed by atoms with Gasteiger partial charge in [-0.15, -0.1) is 12.4 Å². The normalized spacial score (nSPS) is 17.8. The average molecular weight is 415 g/mol. The van der Waals surface area contributed by atoms with Crippen molar-refractivity contribution in [1.82, 2.24) is 10.2 Å². The predicted molar refractivity (Wildman–Crippen MR) is 88.0 cm³/mol. The molecule has 0 spiro atoms. The number of aliphatic hydroxyl groups is 1. The topological polar surface area (TPSA) is 35.5 Å². The van der Waals surface area contributed by atoms with Gasteiger partial charge in [0.15, 0.2) is 0 Å². The molecule has 108 valence electrons. The number of rotatable bonds is 4. The zero-order chi connectivity index (χ0) is 13.0. The summed E-state index contributed by atoms with van der Waals surface area (Å²) in [4.78, 5) is 2.45. The molecule has 0 saturated carbocycles. The number of nitrogens with zero attached hydrogens (tertiary/aromatic N) is 1. The van der Waals surface area contributed by atoms with Crippen molar-refractivity contribution in [3.05, 3.63) is 32.7 Å². The van der Waals surface area contributed by atoms with E-state index in [9.17, 15) is 5.11 Å². The van der Waals surface area contributed by atoms with Crippen LogP contribution >= 0.6 is 44.3 Å². The molecule has 6 heteroatoms. The third kappa shape index (κ3) is 4.69. The average Bonchev–Trinajstić information content (AvgIpc) is 2.40. The van der Waals surface area contributed by atoms with Gasteiger partial charge >= 0.3 is 0 Å². The van der Waals surface area contributed by atoms with Gasteiger partial charge < -0.3 is 10.4 Å². The zero-order valence-electron chi connectivity index (χ0n) is 10.6. The molecule has 0 radical (unpaired) electrons. The molecule has 1 saturated heterocycles. The molecule has 2 N–H and O–H groups in total. The molecule has 0 aliphatic carbocycles. The molecule has 1 heterocycles. The molecule has 19 heavy (non-hydrogen) atoms. The minimum atomic E-state index is 0. The zero-order valence-corrected chi connectivity index (χ0v) is 14.6. The molecular weight excluding hydrogens is 395 g/mol. The van der Waals surface area contributed by atoms with E-state index in [-0.39, 0.29) is 19.0 Å². The highest BCUT2D eigenvalue weighted by Crippen LogP contribution is 2.30. The fourth-order valence-corrected chi connectivity index (χ4v) is 3.04. The van der Waals surface area contributed by atoms with Crippen molar-refractivity contribution in [2.75, 3.05) is 32.8 Å². The Morgan fingerprint density at radius 3 is 2.47 bits per heavy atom. The Balaban J connectivity index is 0.00000180. The van der Waals surface area contributed by atoms with E-state index < -0.39 is 0 Å². The summed E-state index contributed by atoms with van der Waals surface area (Å²) in [5.41, 5.74) is 1.26. The Labute approximate surface area is 137 Å². The van der Waals surface area contributed by atoms with Gasteiger partial charge in [0, 0.05) is 47.8 Å². The van der Waals surface area contributed by atoms with Gasteiger partial charge in [-0.1, -0.05) is 6.07 Å². The Hall–Kier alpha value is 0.350. The van der Waals surface area contributed by atoms with Crippen LogP contribution in [0.4, 0.5) is 0 Å². The van der Waals surface area contributed by atoms with Crippen LogP contribution in [0.3, 0.4) is 0 Å². The second-order valence-electron chi connectivity index (χ2n) is 4.49. The lowest BCUT2D eigenvalue weighted by Crippen LogP contribution is -2.45. The lowest BCUT2D eigenvalue weighted by atomic mass is 10.0. The van der Waals surface area contributed by atoms with Crippen LogP contribution in [0.5, 0.6) is 0 Å². The third-order valence-electron chi connectivity index (χ3n) is 3.32. The van der Waals surface area contributed by atoms with Gasteiger partial charge in [0.1, 0.15) is 0 Å². The van der Waals surface area contributed by atoms with Gasteiger partial charge in [0.2, 0.25) is 0 Å². The highest BCUT2D eigenvalue weighted by Gasteiger charge is 2.22. The summed E-state index contributed by atoms with van der Waals surface area (Å²) in [5.74, 6) is 0. The van der Waals surface area contributed by atoms with Crippen molar-refractivity contribution >= 4 is 44.3 Å². The van der Waals surface area contributed by atoms with E-state index >= 15 is 0 Å². The van der Waals surface area contributed by atoms with Crippen LogP contribution in [0.1, 0.15) is 18.0 Å². The molecule has 1 atom stereocenters. The van der Waals surface area contributed by atoms with E-state index in [0.29, 0.717) is 6.04 Å². The quantitative estimate of drug-likeness (QED) is 0.795. The number of halogens is 3. The predicted octanol–water partition coefficient (Wildman–Crippen LogP) is 2.96. The first kappa shape index (κ1) is 17.4. The van der Waals surface area contributed by atoms with Crippen molar-refractivity contribution in [3.63, 3.8) is 0 Å². The number of piperazine rings is 1. The summed E-state index contributed by atoms with van der Waals surface area (Å²) in [6.07, 6.45) is 0.786. The SMILES string of the molecule is Cl.OCC[C@@H](c1ccc(Br)c(Br)c1)N1CCNCC1. The van der Waals surface area contributed by atoms with Crippen molar-refractivity contribution in [3.8, 4) is 0 Å². The molecule has 2 rings (SSSR count). The van der Waals surface area contributed by atoms with Gasteiger partial charge in [-0.25, -0.2) is 0 Å². The van der Waals surface area contributed by atoms with E-state index in [1.165, 1.54) is 5.56 Å². The molecule has 1 aliphatic heterocycles. The summed E-state index contributed by atoms with van der Waals surface area (Å²) >= 11 is 7.04. The minimum Gasteiger partial charge on any atom is -0.396 e. The molecule has 1 aromatic carbocycles. The van der Waals surface area contributed by atoms with E-state index in [2.05, 4.69) is 60.3 Å². The van der Waals surface area contributed by atoms with Gasteiger partial charge in [-0.3, -0.25) is 4.90 Å². The number of hydrogen-bond acceptors (Lipinski definition) is 3. The van der Waals surface area contributed by atoms with Crippen molar-refractivity contribution in [1.29, 1.82) is 0 Å². The highest BCUT2D eigenvalue weighted by atomic mass is 79.9. The van der Waals surface area contributed by atoms with Crippen LogP contribution in [-0.2, 0) is 0 Å². The monoisotopic (exact) mass is 412 g/mol. The molecule has 0 unspecified atom stereocenters. The van der Waals surface area contributed by atoms with Crippen molar-refractivity contribution < 1.29 is 5.11 Å². The minimum absolute atomic E-state index is 0. The van der Waals surface area contributed by atoms with Crippen LogP contribution in [0.15, 0.2) is 27.1 Å². The van der Waals surface area contributed by atoms with E-state index in [1.807, 2.05) is 0 Å². The maximum atomic E-state index is 9.29. The molecular formula is C13H19Br2ClN2O. The number of aliphatic hydroxyl groups excluding tert-OH is 1.